The van der Waals surface area contributed by atoms with Gasteiger partial charge in [0, 0.05) is 6.04 Å². The Morgan fingerprint density at radius 1 is 1.29 bits per heavy atom. The van der Waals surface area contributed by atoms with Crippen LogP contribution in [-0.4, -0.2) is 22.9 Å². The van der Waals surface area contributed by atoms with Gasteiger partial charge in [-0.1, -0.05) is 18.2 Å². The maximum absolute atomic E-state index is 5.67. The van der Waals surface area contributed by atoms with Crippen LogP contribution < -0.4 is 10.1 Å². The number of hydrogen-bond acceptors (Lipinski definition) is 3. The Hall–Kier alpha value is -1.81. The van der Waals surface area contributed by atoms with Crippen LogP contribution in [0.1, 0.15) is 6.92 Å². The molecule has 1 atom stereocenters. The Morgan fingerprint density at radius 3 is 2.76 bits per heavy atom. The van der Waals surface area contributed by atoms with E-state index in [4.69, 9.17) is 4.74 Å². The topological polar surface area (TPSA) is 39.1 Å². The highest BCUT2D eigenvalue weighted by molar-refractivity contribution is 5.27. The van der Waals surface area contributed by atoms with Gasteiger partial charge in [-0.05, 0) is 26.1 Å². The van der Waals surface area contributed by atoms with E-state index in [9.17, 15) is 0 Å². The lowest BCUT2D eigenvalue weighted by molar-refractivity contribution is 0.468. The second-order valence-corrected chi connectivity index (χ2v) is 4.00. The number of nitrogens with one attached hydrogen (secondary N) is 1. The number of nitrogens with zero attached hydrogens (tertiary/aromatic N) is 2. The summed E-state index contributed by atoms with van der Waals surface area (Å²) in [5.74, 6) is 1.59. The molecule has 0 bridgehead atoms. The highest BCUT2D eigenvalue weighted by atomic mass is 16.5. The molecule has 1 aromatic carbocycles. The fraction of sp³-hybridized carbons (Fsp3) is 0.308. The number of rotatable bonds is 5. The minimum absolute atomic E-state index is 0.388. The molecule has 0 aliphatic heterocycles. The second-order valence-electron chi connectivity index (χ2n) is 4.00. The summed E-state index contributed by atoms with van der Waals surface area (Å²) in [5, 5.41) is 7.42. The SMILES string of the molecule is CNC(C)Cn1cc(Oc2ccccc2)cn1. The normalized spacial score (nSPS) is 12.4. The third-order valence-electron chi connectivity index (χ3n) is 2.54. The standard InChI is InChI=1S/C13H17N3O/c1-11(14-2)9-16-10-13(8-15-16)17-12-6-4-3-5-7-12/h3-8,10-11,14H,9H2,1-2H3. The quantitative estimate of drug-likeness (QED) is 0.858. The molecule has 0 amide bonds. The number of benzene rings is 1. The number of para-hydroxylation sites is 1. The van der Waals surface area contributed by atoms with Crippen molar-refractivity contribution in [2.45, 2.75) is 19.5 Å². The van der Waals surface area contributed by atoms with Gasteiger partial charge < -0.3 is 10.1 Å². The number of ether oxygens (including phenoxy) is 1. The number of hydrogen-bond donors (Lipinski definition) is 1. The van der Waals surface area contributed by atoms with Gasteiger partial charge in [0.1, 0.15) is 5.75 Å². The van der Waals surface area contributed by atoms with E-state index < -0.39 is 0 Å². The lowest BCUT2D eigenvalue weighted by Crippen LogP contribution is -2.26. The molecule has 1 N–H and O–H groups in total. The average molecular weight is 231 g/mol. The highest BCUT2D eigenvalue weighted by Gasteiger charge is 2.03. The van der Waals surface area contributed by atoms with Crippen LogP contribution in [-0.2, 0) is 6.54 Å². The first-order valence-electron chi connectivity index (χ1n) is 5.70. The van der Waals surface area contributed by atoms with Gasteiger partial charge in [0.05, 0.1) is 18.9 Å². The van der Waals surface area contributed by atoms with Crippen molar-refractivity contribution >= 4 is 0 Å². The Morgan fingerprint density at radius 2 is 2.06 bits per heavy atom. The second kappa shape index (κ2) is 5.50. The molecule has 4 heteroatoms. The van der Waals surface area contributed by atoms with Crippen molar-refractivity contribution in [1.82, 2.24) is 15.1 Å². The maximum atomic E-state index is 5.67. The zero-order chi connectivity index (χ0) is 12.1. The van der Waals surface area contributed by atoms with E-state index in [2.05, 4.69) is 17.3 Å². The van der Waals surface area contributed by atoms with Crippen molar-refractivity contribution in [3.05, 3.63) is 42.7 Å². The van der Waals surface area contributed by atoms with Crippen molar-refractivity contribution in [3.63, 3.8) is 0 Å². The van der Waals surface area contributed by atoms with Gasteiger partial charge in [0.15, 0.2) is 5.75 Å². The van der Waals surface area contributed by atoms with E-state index in [1.165, 1.54) is 0 Å². The zero-order valence-electron chi connectivity index (χ0n) is 10.1. The first-order valence-corrected chi connectivity index (χ1v) is 5.70. The molecule has 17 heavy (non-hydrogen) atoms. The summed E-state index contributed by atoms with van der Waals surface area (Å²) in [6.07, 6.45) is 3.64. The minimum atomic E-state index is 0.388. The smallest absolute Gasteiger partial charge is 0.165 e. The molecule has 2 aromatic rings. The van der Waals surface area contributed by atoms with Gasteiger partial charge in [-0.25, -0.2) is 0 Å². The molecule has 0 fully saturated rings. The van der Waals surface area contributed by atoms with Crippen LogP contribution in [0.3, 0.4) is 0 Å². The first-order chi connectivity index (χ1) is 8.28. The van der Waals surface area contributed by atoms with Crippen LogP contribution in [0.15, 0.2) is 42.7 Å². The minimum Gasteiger partial charge on any atom is -0.454 e. The largest absolute Gasteiger partial charge is 0.454 e. The molecule has 1 heterocycles. The van der Waals surface area contributed by atoms with Gasteiger partial charge >= 0.3 is 0 Å². The van der Waals surface area contributed by atoms with E-state index in [0.29, 0.717) is 6.04 Å². The zero-order valence-corrected chi connectivity index (χ0v) is 10.1. The van der Waals surface area contributed by atoms with E-state index in [1.807, 2.05) is 48.3 Å². The van der Waals surface area contributed by atoms with Crippen LogP contribution in [0, 0.1) is 0 Å². The number of likely N-dealkylation sites (N-methyl/N-ethyl adjacent to an activating group) is 1. The summed E-state index contributed by atoms with van der Waals surface area (Å²) in [4.78, 5) is 0. The van der Waals surface area contributed by atoms with Crippen molar-refractivity contribution in [1.29, 1.82) is 0 Å². The van der Waals surface area contributed by atoms with Crippen molar-refractivity contribution in [2.75, 3.05) is 7.05 Å². The van der Waals surface area contributed by atoms with Gasteiger partial charge in [-0.15, -0.1) is 0 Å². The van der Waals surface area contributed by atoms with E-state index in [1.54, 1.807) is 6.20 Å². The molecule has 1 aromatic heterocycles. The summed E-state index contributed by atoms with van der Waals surface area (Å²) in [7, 11) is 1.94. The predicted octanol–water partition coefficient (Wildman–Crippen LogP) is 2.28. The van der Waals surface area contributed by atoms with Crippen LogP contribution in [0.4, 0.5) is 0 Å². The Balaban J connectivity index is 1.99. The first kappa shape index (κ1) is 11.7. The molecule has 0 spiro atoms. The molecule has 0 aliphatic carbocycles. The molecule has 90 valence electrons. The highest BCUT2D eigenvalue weighted by Crippen LogP contribution is 2.19. The van der Waals surface area contributed by atoms with E-state index in [0.717, 1.165) is 18.0 Å². The van der Waals surface area contributed by atoms with E-state index in [-0.39, 0.29) is 0 Å². The molecule has 4 nitrogen and oxygen atoms in total. The Bertz CT molecular complexity index is 453. The van der Waals surface area contributed by atoms with Crippen LogP contribution in [0.5, 0.6) is 11.5 Å². The summed E-state index contributed by atoms with van der Waals surface area (Å²) < 4.78 is 7.54. The number of aromatic nitrogens is 2. The lowest BCUT2D eigenvalue weighted by atomic mass is 10.3. The summed E-state index contributed by atoms with van der Waals surface area (Å²) in [6, 6.07) is 10.1. The van der Waals surface area contributed by atoms with E-state index >= 15 is 0 Å². The van der Waals surface area contributed by atoms with Crippen LogP contribution in [0.25, 0.3) is 0 Å². The van der Waals surface area contributed by atoms with Gasteiger partial charge in [-0.2, -0.15) is 5.10 Å². The van der Waals surface area contributed by atoms with Crippen molar-refractivity contribution < 1.29 is 4.74 Å². The maximum Gasteiger partial charge on any atom is 0.165 e. The van der Waals surface area contributed by atoms with Crippen LogP contribution >= 0.6 is 0 Å². The third-order valence-corrected chi connectivity index (χ3v) is 2.54. The average Bonchev–Trinajstić information content (AvgIpc) is 2.77. The monoisotopic (exact) mass is 231 g/mol. The summed E-state index contributed by atoms with van der Waals surface area (Å²) in [5.41, 5.74) is 0. The van der Waals surface area contributed by atoms with Crippen LogP contribution in [0.2, 0.25) is 0 Å². The molecule has 0 saturated carbocycles. The van der Waals surface area contributed by atoms with Crippen molar-refractivity contribution in [3.8, 4) is 11.5 Å². The van der Waals surface area contributed by atoms with Crippen molar-refractivity contribution in [2.24, 2.45) is 0 Å². The Kier molecular flexibility index (Phi) is 3.77. The summed E-state index contributed by atoms with van der Waals surface area (Å²) in [6.45, 7) is 2.94. The lowest BCUT2D eigenvalue weighted by Gasteiger charge is -2.09. The van der Waals surface area contributed by atoms with Gasteiger partial charge in [-0.3, -0.25) is 4.68 Å². The van der Waals surface area contributed by atoms with Gasteiger partial charge in [0.25, 0.3) is 0 Å². The third kappa shape index (κ3) is 3.32. The Labute approximate surface area is 101 Å². The molecule has 0 aliphatic rings. The fourth-order valence-corrected chi connectivity index (χ4v) is 1.49. The molecular formula is C13H17N3O. The van der Waals surface area contributed by atoms with Gasteiger partial charge in [0.2, 0.25) is 0 Å². The molecule has 2 rings (SSSR count). The predicted molar refractivity (Wildman–Crippen MR) is 67.3 cm³/mol. The molecule has 0 saturated heterocycles. The molecule has 1 unspecified atom stereocenters. The summed E-state index contributed by atoms with van der Waals surface area (Å²) >= 11 is 0. The molecular weight excluding hydrogens is 214 g/mol. The molecule has 0 radical (unpaired) electrons. The fourth-order valence-electron chi connectivity index (χ4n) is 1.49.